The summed E-state index contributed by atoms with van der Waals surface area (Å²) in [5, 5.41) is 2.94. The summed E-state index contributed by atoms with van der Waals surface area (Å²) in [6.07, 6.45) is 5.33. The van der Waals surface area contributed by atoms with E-state index in [1.54, 1.807) is 16.3 Å². The third-order valence-corrected chi connectivity index (χ3v) is 6.18. The van der Waals surface area contributed by atoms with Gasteiger partial charge in [0.2, 0.25) is 5.91 Å². The molecule has 1 aliphatic heterocycles. The molecule has 2 heterocycles. The molecule has 4 rings (SSSR count). The topological polar surface area (TPSA) is 67.2 Å². The summed E-state index contributed by atoms with van der Waals surface area (Å²) in [5.41, 5.74) is 2.25. The number of benzene rings is 2. The first-order chi connectivity index (χ1) is 14.7. The predicted octanol–water partition coefficient (Wildman–Crippen LogP) is 3.43. The normalized spacial score (nSPS) is 14.1. The number of piperidine rings is 1. The fraction of sp³-hybridized carbons (Fsp3) is 0.348. The van der Waals surface area contributed by atoms with Gasteiger partial charge in [0.05, 0.1) is 11.0 Å². The van der Waals surface area contributed by atoms with E-state index in [4.69, 9.17) is 0 Å². The Hall–Kier alpha value is -2.80. The van der Waals surface area contributed by atoms with Crippen molar-refractivity contribution in [3.05, 3.63) is 64.4 Å². The van der Waals surface area contributed by atoms with Crippen molar-refractivity contribution < 1.29 is 4.79 Å². The van der Waals surface area contributed by atoms with Crippen molar-refractivity contribution in [2.45, 2.75) is 37.2 Å². The summed E-state index contributed by atoms with van der Waals surface area (Å²) in [6.45, 7) is 2.08. The number of amides is 1. The summed E-state index contributed by atoms with van der Waals surface area (Å²) in [5.74, 6) is 0.265. The molecule has 30 heavy (non-hydrogen) atoms. The standard InChI is InChI=1S/C23H26N4O2S/c1-30-18-11-9-17(10-12-18)15-24-21(28)16-27-20-8-4-3-7-19(20)25-22(23(27)29)26-13-5-2-6-14-26/h3-4,7-12H,2,5-6,13-16H2,1H3,(H,24,28). The van der Waals surface area contributed by atoms with Crippen molar-refractivity contribution in [1.29, 1.82) is 0 Å². The monoisotopic (exact) mass is 422 g/mol. The number of para-hydroxylation sites is 2. The van der Waals surface area contributed by atoms with Gasteiger partial charge in [-0.05, 0) is 55.3 Å². The van der Waals surface area contributed by atoms with Crippen LogP contribution in [0.1, 0.15) is 24.8 Å². The Morgan fingerprint density at radius 1 is 1.07 bits per heavy atom. The Kier molecular flexibility index (Phi) is 6.38. The van der Waals surface area contributed by atoms with Gasteiger partial charge >= 0.3 is 0 Å². The molecule has 156 valence electrons. The van der Waals surface area contributed by atoms with E-state index in [9.17, 15) is 9.59 Å². The maximum atomic E-state index is 13.2. The molecule has 3 aromatic rings. The minimum atomic E-state index is -0.199. The number of thioether (sulfide) groups is 1. The molecule has 0 spiro atoms. The Bertz CT molecular complexity index is 1090. The molecule has 1 aromatic heterocycles. The largest absolute Gasteiger partial charge is 0.352 e. The predicted molar refractivity (Wildman–Crippen MR) is 122 cm³/mol. The van der Waals surface area contributed by atoms with Gasteiger partial charge in [-0.15, -0.1) is 11.8 Å². The highest BCUT2D eigenvalue weighted by molar-refractivity contribution is 7.98. The van der Waals surface area contributed by atoms with Crippen LogP contribution >= 0.6 is 11.8 Å². The third kappa shape index (κ3) is 4.51. The van der Waals surface area contributed by atoms with Crippen molar-refractivity contribution in [1.82, 2.24) is 14.9 Å². The van der Waals surface area contributed by atoms with Crippen molar-refractivity contribution >= 4 is 34.5 Å². The molecule has 0 aliphatic carbocycles. The number of carbonyl (C=O) groups excluding carboxylic acids is 1. The van der Waals surface area contributed by atoms with E-state index in [0.717, 1.165) is 37.0 Å². The van der Waals surface area contributed by atoms with Gasteiger partial charge in [-0.25, -0.2) is 4.98 Å². The van der Waals surface area contributed by atoms with Gasteiger partial charge in [-0.2, -0.15) is 0 Å². The van der Waals surface area contributed by atoms with Crippen LogP contribution in [0.4, 0.5) is 5.82 Å². The number of carbonyl (C=O) groups is 1. The van der Waals surface area contributed by atoms with E-state index in [0.29, 0.717) is 17.9 Å². The summed E-state index contributed by atoms with van der Waals surface area (Å²) in [6, 6.07) is 15.6. The quantitative estimate of drug-likeness (QED) is 0.617. The molecule has 1 N–H and O–H groups in total. The van der Waals surface area contributed by atoms with Crippen molar-refractivity contribution in [3.63, 3.8) is 0 Å². The van der Waals surface area contributed by atoms with Crippen LogP contribution in [-0.4, -0.2) is 34.8 Å². The lowest BCUT2D eigenvalue weighted by atomic mass is 10.1. The van der Waals surface area contributed by atoms with Gasteiger partial charge in [0.15, 0.2) is 5.82 Å². The number of anilines is 1. The van der Waals surface area contributed by atoms with Gasteiger partial charge in [0.1, 0.15) is 6.54 Å². The fourth-order valence-electron chi connectivity index (χ4n) is 3.79. The van der Waals surface area contributed by atoms with Crippen LogP contribution in [0, 0.1) is 0 Å². The first-order valence-electron chi connectivity index (χ1n) is 10.3. The first kappa shape index (κ1) is 20.5. The second-order valence-electron chi connectivity index (χ2n) is 7.49. The highest BCUT2D eigenvalue weighted by Crippen LogP contribution is 2.18. The third-order valence-electron chi connectivity index (χ3n) is 5.44. The van der Waals surface area contributed by atoms with Crippen LogP contribution in [0.2, 0.25) is 0 Å². The van der Waals surface area contributed by atoms with E-state index in [2.05, 4.69) is 15.2 Å². The number of rotatable bonds is 6. The molecular formula is C23H26N4O2S. The zero-order valence-electron chi connectivity index (χ0n) is 17.1. The van der Waals surface area contributed by atoms with Crippen molar-refractivity contribution in [3.8, 4) is 0 Å². The summed E-state index contributed by atoms with van der Waals surface area (Å²) >= 11 is 1.68. The SMILES string of the molecule is CSc1ccc(CNC(=O)Cn2c(=O)c(N3CCCCC3)nc3ccccc32)cc1. The number of hydrogen-bond donors (Lipinski definition) is 1. The molecule has 0 unspecified atom stereocenters. The lowest BCUT2D eigenvalue weighted by Crippen LogP contribution is -2.39. The summed E-state index contributed by atoms with van der Waals surface area (Å²) in [4.78, 5) is 33.8. The highest BCUT2D eigenvalue weighted by atomic mass is 32.2. The number of aromatic nitrogens is 2. The highest BCUT2D eigenvalue weighted by Gasteiger charge is 2.20. The van der Waals surface area contributed by atoms with Gasteiger partial charge < -0.3 is 10.2 Å². The lowest BCUT2D eigenvalue weighted by Gasteiger charge is -2.27. The number of fused-ring (bicyclic) bond motifs is 1. The smallest absolute Gasteiger partial charge is 0.294 e. The van der Waals surface area contributed by atoms with Crippen LogP contribution in [-0.2, 0) is 17.9 Å². The minimum absolute atomic E-state index is 0.0222. The van der Waals surface area contributed by atoms with E-state index < -0.39 is 0 Å². The lowest BCUT2D eigenvalue weighted by molar-refractivity contribution is -0.121. The van der Waals surface area contributed by atoms with Gasteiger partial charge in [-0.3, -0.25) is 14.2 Å². The first-order valence-corrected chi connectivity index (χ1v) is 11.5. The molecule has 6 nitrogen and oxygen atoms in total. The average molecular weight is 423 g/mol. The van der Waals surface area contributed by atoms with Gasteiger partial charge in [0.25, 0.3) is 5.56 Å². The summed E-state index contributed by atoms with van der Waals surface area (Å²) in [7, 11) is 0. The Morgan fingerprint density at radius 3 is 2.53 bits per heavy atom. The zero-order valence-corrected chi connectivity index (χ0v) is 18.0. The molecular weight excluding hydrogens is 396 g/mol. The number of hydrogen-bond acceptors (Lipinski definition) is 5. The van der Waals surface area contributed by atoms with Crippen LogP contribution in [0.15, 0.2) is 58.2 Å². The zero-order chi connectivity index (χ0) is 20.9. The van der Waals surface area contributed by atoms with Crippen molar-refractivity contribution in [2.24, 2.45) is 0 Å². The number of nitrogens with zero attached hydrogens (tertiary/aromatic N) is 3. The van der Waals surface area contributed by atoms with Crippen LogP contribution in [0.3, 0.4) is 0 Å². The Morgan fingerprint density at radius 2 is 1.80 bits per heavy atom. The average Bonchev–Trinajstić information content (AvgIpc) is 2.80. The Balaban J connectivity index is 1.56. The van der Waals surface area contributed by atoms with E-state index in [1.807, 2.05) is 54.8 Å². The van der Waals surface area contributed by atoms with Crippen LogP contribution in [0.5, 0.6) is 0 Å². The molecule has 1 saturated heterocycles. The maximum absolute atomic E-state index is 13.2. The van der Waals surface area contributed by atoms with E-state index in [1.165, 1.54) is 11.3 Å². The van der Waals surface area contributed by atoms with E-state index in [-0.39, 0.29) is 18.0 Å². The molecule has 1 fully saturated rings. The molecule has 7 heteroatoms. The van der Waals surface area contributed by atoms with Crippen LogP contribution in [0.25, 0.3) is 11.0 Å². The molecule has 0 radical (unpaired) electrons. The molecule has 1 amide bonds. The second-order valence-corrected chi connectivity index (χ2v) is 8.37. The fourth-order valence-corrected chi connectivity index (χ4v) is 4.20. The second kappa shape index (κ2) is 9.34. The molecule has 2 aromatic carbocycles. The van der Waals surface area contributed by atoms with Gasteiger partial charge in [0, 0.05) is 24.5 Å². The van der Waals surface area contributed by atoms with Crippen LogP contribution < -0.4 is 15.8 Å². The molecule has 0 bridgehead atoms. The number of nitrogens with one attached hydrogen (secondary N) is 1. The van der Waals surface area contributed by atoms with Crippen molar-refractivity contribution in [2.75, 3.05) is 24.2 Å². The van der Waals surface area contributed by atoms with E-state index >= 15 is 0 Å². The molecule has 1 aliphatic rings. The summed E-state index contributed by atoms with van der Waals surface area (Å²) < 4.78 is 1.55. The Labute approximate surface area is 180 Å². The minimum Gasteiger partial charge on any atom is -0.352 e. The maximum Gasteiger partial charge on any atom is 0.294 e. The molecule has 0 saturated carbocycles. The molecule has 0 atom stereocenters. The van der Waals surface area contributed by atoms with Gasteiger partial charge in [-0.1, -0.05) is 24.3 Å².